The Balaban J connectivity index is 2.95. The summed E-state index contributed by atoms with van der Waals surface area (Å²) < 4.78 is 49.8. The molecule has 1 rings (SSSR count). The van der Waals surface area contributed by atoms with Crippen molar-refractivity contribution in [3.05, 3.63) is 35.1 Å². The molecule has 16 heavy (non-hydrogen) atoms. The van der Waals surface area contributed by atoms with E-state index in [4.69, 9.17) is 5.11 Å². The number of alkyl halides is 3. The Morgan fingerprint density at radius 2 is 1.94 bits per heavy atom. The fourth-order valence-electron chi connectivity index (χ4n) is 1.18. The summed E-state index contributed by atoms with van der Waals surface area (Å²) in [5.41, 5.74) is -1.22. The zero-order valence-electron chi connectivity index (χ0n) is 8.01. The molecule has 0 unspecified atom stereocenters. The van der Waals surface area contributed by atoms with Crippen LogP contribution in [0.15, 0.2) is 18.2 Å². The molecular formula is C10H8F4O2. The van der Waals surface area contributed by atoms with Gasteiger partial charge in [-0.05, 0) is 30.2 Å². The Labute approximate surface area is 88.5 Å². The van der Waals surface area contributed by atoms with Crippen LogP contribution in [0.1, 0.15) is 17.5 Å². The zero-order chi connectivity index (χ0) is 12.3. The van der Waals surface area contributed by atoms with E-state index in [-0.39, 0.29) is 12.0 Å². The maximum atomic E-state index is 13.0. The Morgan fingerprint density at radius 1 is 1.31 bits per heavy atom. The maximum Gasteiger partial charge on any atom is 0.416 e. The molecule has 0 fully saturated rings. The molecule has 0 saturated heterocycles. The summed E-state index contributed by atoms with van der Waals surface area (Å²) in [6.45, 7) is 0. The molecule has 0 aliphatic heterocycles. The predicted octanol–water partition coefficient (Wildman–Crippen LogP) is 2.86. The number of rotatable bonds is 3. The van der Waals surface area contributed by atoms with Gasteiger partial charge in [-0.2, -0.15) is 13.2 Å². The van der Waals surface area contributed by atoms with Gasteiger partial charge in [0.1, 0.15) is 5.82 Å². The van der Waals surface area contributed by atoms with Crippen molar-refractivity contribution in [2.75, 3.05) is 0 Å². The first-order chi connectivity index (χ1) is 7.30. The SMILES string of the molecule is O=C(O)CCc1cc(C(F)(F)F)ccc1F. The molecule has 1 N–H and O–H groups in total. The molecule has 0 aliphatic rings. The van der Waals surface area contributed by atoms with Crippen molar-refractivity contribution in [3.63, 3.8) is 0 Å². The van der Waals surface area contributed by atoms with Gasteiger partial charge in [0.15, 0.2) is 0 Å². The minimum absolute atomic E-state index is 0.239. The second-order valence-corrected chi connectivity index (χ2v) is 3.20. The number of hydrogen-bond acceptors (Lipinski definition) is 1. The molecule has 2 nitrogen and oxygen atoms in total. The Bertz CT molecular complexity index is 398. The van der Waals surface area contributed by atoms with Crippen molar-refractivity contribution in [1.29, 1.82) is 0 Å². The maximum absolute atomic E-state index is 13.0. The first-order valence-electron chi connectivity index (χ1n) is 4.38. The van der Waals surface area contributed by atoms with Crippen LogP contribution in [0.3, 0.4) is 0 Å². The van der Waals surface area contributed by atoms with Gasteiger partial charge in [-0.25, -0.2) is 4.39 Å². The monoisotopic (exact) mass is 236 g/mol. The van der Waals surface area contributed by atoms with Crippen molar-refractivity contribution in [1.82, 2.24) is 0 Å². The molecule has 0 aliphatic carbocycles. The van der Waals surface area contributed by atoms with Gasteiger partial charge >= 0.3 is 12.1 Å². The number of carboxylic acid groups (broad SMARTS) is 1. The number of aryl methyl sites for hydroxylation is 1. The van der Waals surface area contributed by atoms with E-state index >= 15 is 0 Å². The van der Waals surface area contributed by atoms with Gasteiger partial charge in [0.05, 0.1) is 5.56 Å². The molecule has 6 heteroatoms. The third-order valence-electron chi connectivity index (χ3n) is 1.98. The Hall–Kier alpha value is -1.59. The van der Waals surface area contributed by atoms with Crippen LogP contribution in [0.5, 0.6) is 0 Å². The number of aliphatic carboxylic acids is 1. The minimum atomic E-state index is -4.55. The molecule has 0 atom stereocenters. The van der Waals surface area contributed by atoms with Crippen molar-refractivity contribution in [3.8, 4) is 0 Å². The normalized spacial score (nSPS) is 11.5. The van der Waals surface area contributed by atoms with Crippen LogP contribution in [0, 0.1) is 5.82 Å². The van der Waals surface area contributed by atoms with Crippen LogP contribution in [0.4, 0.5) is 17.6 Å². The van der Waals surface area contributed by atoms with Crippen molar-refractivity contribution in [2.24, 2.45) is 0 Å². The zero-order valence-corrected chi connectivity index (χ0v) is 8.01. The fraction of sp³-hybridized carbons (Fsp3) is 0.300. The molecule has 0 spiro atoms. The molecular weight excluding hydrogens is 228 g/mol. The van der Waals surface area contributed by atoms with Crippen LogP contribution < -0.4 is 0 Å². The first kappa shape index (κ1) is 12.5. The van der Waals surface area contributed by atoms with Crippen LogP contribution in [-0.2, 0) is 17.4 Å². The molecule has 0 aromatic heterocycles. The summed E-state index contributed by atoms with van der Waals surface area (Å²) in [7, 11) is 0. The van der Waals surface area contributed by atoms with Crippen LogP contribution in [0.25, 0.3) is 0 Å². The van der Waals surface area contributed by atoms with Crippen LogP contribution >= 0.6 is 0 Å². The number of carbonyl (C=O) groups is 1. The predicted molar refractivity (Wildman–Crippen MR) is 47.4 cm³/mol. The van der Waals surface area contributed by atoms with Gasteiger partial charge in [0.2, 0.25) is 0 Å². The summed E-state index contributed by atoms with van der Waals surface area (Å²) >= 11 is 0. The van der Waals surface area contributed by atoms with E-state index < -0.39 is 29.9 Å². The topological polar surface area (TPSA) is 37.3 Å². The third kappa shape index (κ3) is 3.22. The largest absolute Gasteiger partial charge is 0.481 e. The lowest BCUT2D eigenvalue weighted by Crippen LogP contribution is -2.07. The quantitative estimate of drug-likeness (QED) is 0.819. The van der Waals surface area contributed by atoms with Gasteiger partial charge in [0, 0.05) is 6.42 Å². The number of halogens is 4. The molecule has 0 radical (unpaired) electrons. The van der Waals surface area contributed by atoms with E-state index in [0.717, 1.165) is 0 Å². The van der Waals surface area contributed by atoms with Crippen molar-refractivity contribution >= 4 is 5.97 Å². The molecule has 0 bridgehead atoms. The number of carboxylic acids is 1. The molecule has 0 heterocycles. The van der Waals surface area contributed by atoms with Gasteiger partial charge in [-0.3, -0.25) is 4.79 Å². The highest BCUT2D eigenvalue weighted by Crippen LogP contribution is 2.30. The van der Waals surface area contributed by atoms with Gasteiger partial charge in [-0.1, -0.05) is 0 Å². The van der Waals surface area contributed by atoms with Gasteiger partial charge in [0.25, 0.3) is 0 Å². The summed E-state index contributed by atoms with van der Waals surface area (Å²) in [5.74, 6) is -2.01. The summed E-state index contributed by atoms with van der Waals surface area (Å²) in [6.07, 6.45) is -5.21. The molecule has 1 aromatic carbocycles. The highest BCUT2D eigenvalue weighted by Gasteiger charge is 2.31. The highest BCUT2D eigenvalue weighted by atomic mass is 19.4. The summed E-state index contributed by atoms with van der Waals surface area (Å²) in [4.78, 5) is 10.2. The Morgan fingerprint density at radius 3 is 2.44 bits per heavy atom. The van der Waals surface area contributed by atoms with E-state index in [0.29, 0.717) is 18.2 Å². The molecule has 88 valence electrons. The fourth-order valence-corrected chi connectivity index (χ4v) is 1.18. The second-order valence-electron chi connectivity index (χ2n) is 3.20. The van der Waals surface area contributed by atoms with Crippen LogP contribution in [-0.4, -0.2) is 11.1 Å². The molecule has 0 amide bonds. The number of hydrogen-bond donors (Lipinski definition) is 1. The third-order valence-corrected chi connectivity index (χ3v) is 1.98. The van der Waals surface area contributed by atoms with E-state index in [9.17, 15) is 22.4 Å². The summed E-state index contributed by atoms with van der Waals surface area (Å²) in [5, 5.41) is 8.35. The summed E-state index contributed by atoms with van der Waals surface area (Å²) in [6, 6.07) is 1.96. The lowest BCUT2D eigenvalue weighted by atomic mass is 10.1. The minimum Gasteiger partial charge on any atom is -0.481 e. The second kappa shape index (κ2) is 4.51. The van der Waals surface area contributed by atoms with Crippen LogP contribution in [0.2, 0.25) is 0 Å². The average molecular weight is 236 g/mol. The van der Waals surface area contributed by atoms with E-state index in [1.54, 1.807) is 0 Å². The average Bonchev–Trinajstić information content (AvgIpc) is 2.14. The van der Waals surface area contributed by atoms with Crippen molar-refractivity contribution < 1.29 is 27.5 Å². The highest BCUT2D eigenvalue weighted by molar-refractivity contribution is 5.67. The standard InChI is InChI=1S/C10H8F4O2/c11-8-3-2-7(10(12,13)14)5-6(8)1-4-9(15)16/h2-3,5H,1,4H2,(H,15,16). The number of benzene rings is 1. The van der Waals surface area contributed by atoms with Gasteiger partial charge in [-0.15, -0.1) is 0 Å². The van der Waals surface area contributed by atoms with Crippen molar-refractivity contribution in [2.45, 2.75) is 19.0 Å². The molecule has 1 aromatic rings. The van der Waals surface area contributed by atoms with Gasteiger partial charge < -0.3 is 5.11 Å². The lowest BCUT2D eigenvalue weighted by Gasteiger charge is -2.09. The Kier molecular flexibility index (Phi) is 3.51. The van der Waals surface area contributed by atoms with E-state index in [1.807, 2.05) is 0 Å². The molecule has 0 saturated carbocycles. The van der Waals surface area contributed by atoms with E-state index in [2.05, 4.69) is 0 Å². The first-order valence-corrected chi connectivity index (χ1v) is 4.38. The lowest BCUT2D eigenvalue weighted by molar-refractivity contribution is -0.137. The van der Waals surface area contributed by atoms with E-state index in [1.165, 1.54) is 0 Å². The smallest absolute Gasteiger partial charge is 0.416 e.